The topological polar surface area (TPSA) is 56.5 Å². The van der Waals surface area contributed by atoms with Crippen LogP contribution >= 0.6 is 34.9 Å². The predicted octanol–water partition coefficient (Wildman–Crippen LogP) is 5.19. The molecule has 0 bridgehead atoms. The van der Waals surface area contributed by atoms with Crippen molar-refractivity contribution in [1.82, 2.24) is 24.7 Å². The van der Waals surface area contributed by atoms with Crippen molar-refractivity contribution in [3.8, 4) is 0 Å². The highest BCUT2D eigenvalue weighted by atomic mass is 32.2. The van der Waals surface area contributed by atoms with Gasteiger partial charge in [-0.2, -0.15) is 0 Å². The molecule has 0 saturated heterocycles. The van der Waals surface area contributed by atoms with E-state index in [1.165, 1.54) is 15.3 Å². The highest BCUT2D eigenvalue weighted by molar-refractivity contribution is 7.99. The van der Waals surface area contributed by atoms with Crippen molar-refractivity contribution in [2.24, 2.45) is 7.05 Å². The van der Waals surface area contributed by atoms with Crippen LogP contribution < -0.4 is 0 Å². The standard InChI is InChI=1S/C19H19N5S3/c1-11-12(2)26-17-16(11)18(27-19-23-22-13(3)24(19)4)21-15(20-17)10-25-14-8-6-5-7-9-14/h5-9H,10H2,1-4H3. The minimum atomic E-state index is 0.737. The number of thioether (sulfide) groups is 1. The normalized spacial score (nSPS) is 11.4. The smallest absolute Gasteiger partial charge is 0.197 e. The molecular formula is C19H19N5S3. The third-order valence-corrected chi connectivity index (χ3v) is 7.53. The van der Waals surface area contributed by atoms with Gasteiger partial charge in [-0.25, -0.2) is 9.97 Å². The molecule has 4 aromatic rings. The largest absolute Gasteiger partial charge is 0.309 e. The molecule has 0 radical (unpaired) electrons. The molecule has 0 unspecified atom stereocenters. The molecule has 0 spiro atoms. The first-order valence-corrected chi connectivity index (χ1v) is 11.1. The lowest BCUT2D eigenvalue weighted by atomic mass is 10.2. The number of fused-ring (bicyclic) bond motifs is 1. The number of rotatable bonds is 5. The molecule has 1 aromatic carbocycles. The molecule has 0 saturated carbocycles. The number of hydrogen-bond acceptors (Lipinski definition) is 7. The lowest BCUT2D eigenvalue weighted by Crippen LogP contribution is -1.98. The van der Waals surface area contributed by atoms with Crippen LogP contribution in [0.25, 0.3) is 10.2 Å². The first kappa shape index (κ1) is 18.5. The fourth-order valence-electron chi connectivity index (χ4n) is 2.62. The summed E-state index contributed by atoms with van der Waals surface area (Å²) in [5, 5.41) is 11.4. The van der Waals surface area contributed by atoms with Crippen LogP contribution in [0.4, 0.5) is 0 Å². The molecule has 0 aliphatic rings. The molecule has 0 N–H and O–H groups in total. The van der Waals surface area contributed by atoms with E-state index in [2.05, 4.69) is 48.3 Å². The van der Waals surface area contributed by atoms with Gasteiger partial charge in [0.05, 0.1) is 5.75 Å². The molecule has 8 heteroatoms. The molecule has 138 valence electrons. The van der Waals surface area contributed by atoms with Gasteiger partial charge in [0, 0.05) is 22.2 Å². The molecule has 3 heterocycles. The second kappa shape index (κ2) is 7.61. The number of benzene rings is 1. The van der Waals surface area contributed by atoms with Gasteiger partial charge in [0.25, 0.3) is 0 Å². The number of aromatic nitrogens is 5. The Bertz CT molecular complexity index is 1100. The van der Waals surface area contributed by atoms with Crippen LogP contribution in [0.3, 0.4) is 0 Å². The maximum atomic E-state index is 4.89. The summed E-state index contributed by atoms with van der Waals surface area (Å²) in [6.07, 6.45) is 0. The molecular weight excluding hydrogens is 394 g/mol. The van der Waals surface area contributed by atoms with Gasteiger partial charge in [-0.3, -0.25) is 0 Å². The molecule has 5 nitrogen and oxygen atoms in total. The Labute approximate surface area is 170 Å². The van der Waals surface area contributed by atoms with Gasteiger partial charge in [0.15, 0.2) is 5.16 Å². The van der Waals surface area contributed by atoms with E-state index in [-0.39, 0.29) is 0 Å². The van der Waals surface area contributed by atoms with Gasteiger partial charge in [0.1, 0.15) is 21.5 Å². The van der Waals surface area contributed by atoms with Gasteiger partial charge in [0.2, 0.25) is 0 Å². The minimum absolute atomic E-state index is 0.737. The Kier molecular flexibility index (Phi) is 5.21. The zero-order valence-electron chi connectivity index (χ0n) is 15.6. The van der Waals surface area contributed by atoms with Crippen molar-refractivity contribution in [2.75, 3.05) is 0 Å². The number of aryl methyl sites for hydroxylation is 3. The van der Waals surface area contributed by atoms with Crippen LogP contribution in [0.1, 0.15) is 22.1 Å². The average molecular weight is 414 g/mol. The number of nitrogens with zero attached hydrogens (tertiary/aromatic N) is 5. The summed E-state index contributed by atoms with van der Waals surface area (Å²) in [6, 6.07) is 10.4. The summed E-state index contributed by atoms with van der Waals surface area (Å²) in [6.45, 7) is 6.23. The first-order valence-electron chi connectivity index (χ1n) is 8.51. The van der Waals surface area contributed by atoms with Gasteiger partial charge >= 0.3 is 0 Å². The highest BCUT2D eigenvalue weighted by Gasteiger charge is 2.18. The maximum absolute atomic E-state index is 4.89. The van der Waals surface area contributed by atoms with E-state index in [0.29, 0.717) is 0 Å². The van der Waals surface area contributed by atoms with E-state index in [9.17, 15) is 0 Å². The number of hydrogen-bond donors (Lipinski definition) is 0. The fraction of sp³-hybridized carbons (Fsp3) is 0.263. The second-order valence-electron chi connectivity index (χ2n) is 6.20. The van der Waals surface area contributed by atoms with Crippen LogP contribution in [0.2, 0.25) is 0 Å². The zero-order chi connectivity index (χ0) is 19.0. The highest BCUT2D eigenvalue weighted by Crippen LogP contribution is 2.38. The predicted molar refractivity (Wildman–Crippen MR) is 113 cm³/mol. The quantitative estimate of drug-likeness (QED) is 0.331. The number of thiophene rings is 1. The SMILES string of the molecule is Cc1sc2nc(CSc3ccccc3)nc(Sc3nnc(C)n3C)c2c1C. The molecule has 4 rings (SSSR count). The van der Waals surface area contributed by atoms with E-state index < -0.39 is 0 Å². The van der Waals surface area contributed by atoms with Gasteiger partial charge < -0.3 is 4.57 Å². The summed E-state index contributed by atoms with van der Waals surface area (Å²) >= 11 is 5.05. The summed E-state index contributed by atoms with van der Waals surface area (Å²) in [5.74, 6) is 2.47. The van der Waals surface area contributed by atoms with Gasteiger partial charge in [-0.1, -0.05) is 18.2 Å². The van der Waals surface area contributed by atoms with E-state index in [4.69, 9.17) is 9.97 Å². The third kappa shape index (κ3) is 3.74. The molecule has 0 aliphatic heterocycles. The molecule has 0 amide bonds. The van der Waals surface area contributed by atoms with Crippen molar-refractivity contribution in [3.63, 3.8) is 0 Å². The average Bonchev–Trinajstić information content (AvgIpc) is 3.14. The monoisotopic (exact) mass is 413 g/mol. The Morgan fingerprint density at radius 3 is 2.52 bits per heavy atom. The van der Waals surface area contributed by atoms with Crippen LogP contribution in [0.5, 0.6) is 0 Å². The maximum Gasteiger partial charge on any atom is 0.197 e. The van der Waals surface area contributed by atoms with Crippen molar-refractivity contribution in [3.05, 3.63) is 52.4 Å². The van der Waals surface area contributed by atoms with Crippen molar-refractivity contribution in [1.29, 1.82) is 0 Å². The summed E-state index contributed by atoms with van der Waals surface area (Å²) in [5.41, 5.74) is 1.25. The Morgan fingerprint density at radius 1 is 1.04 bits per heavy atom. The fourth-order valence-corrected chi connectivity index (χ4v) is 5.53. The summed E-state index contributed by atoms with van der Waals surface area (Å²) < 4.78 is 1.99. The Hall–Kier alpha value is -1.90. The lowest BCUT2D eigenvalue weighted by Gasteiger charge is -2.07. The molecule has 0 atom stereocenters. The second-order valence-corrected chi connectivity index (χ2v) is 9.41. The summed E-state index contributed by atoms with van der Waals surface area (Å²) in [4.78, 5) is 13.3. The van der Waals surface area contributed by atoms with E-state index in [0.717, 1.165) is 37.8 Å². The van der Waals surface area contributed by atoms with E-state index >= 15 is 0 Å². The minimum Gasteiger partial charge on any atom is -0.309 e. The van der Waals surface area contributed by atoms with Gasteiger partial charge in [-0.15, -0.1) is 33.3 Å². The van der Waals surface area contributed by atoms with Crippen molar-refractivity contribution >= 4 is 45.1 Å². The van der Waals surface area contributed by atoms with Crippen LogP contribution in [0.15, 0.2) is 45.4 Å². The van der Waals surface area contributed by atoms with Crippen molar-refractivity contribution < 1.29 is 0 Å². The zero-order valence-corrected chi connectivity index (χ0v) is 18.0. The van der Waals surface area contributed by atoms with E-state index in [1.54, 1.807) is 34.9 Å². The summed E-state index contributed by atoms with van der Waals surface area (Å²) in [7, 11) is 1.98. The van der Waals surface area contributed by atoms with Crippen molar-refractivity contribution in [2.45, 2.75) is 41.6 Å². The van der Waals surface area contributed by atoms with Crippen LogP contribution in [-0.2, 0) is 12.8 Å². The third-order valence-electron chi connectivity index (χ3n) is 4.39. The van der Waals surface area contributed by atoms with Crippen LogP contribution in [0, 0.1) is 20.8 Å². The first-order chi connectivity index (χ1) is 13.0. The molecule has 3 aromatic heterocycles. The van der Waals surface area contributed by atoms with Crippen LogP contribution in [-0.4, -0.2) is 24.7 Å². The van der Waals surface area contributed by atoms with Gasteiger partial charge in [-0.05, 0) is 50.2 Å². The Morgan fingerprint density at radius 2 is 1.81 bits per heavy atom. The Balaban J connectivity index is 1.72. The molecule has 0 aliphatic carbocycles. The lowest BCUT2D eigenvalue weighted by molar-refractivity contribution is 0.764. The molecule has 27 heavy (non-hydrogen) atoms. The molecule has 0 fully saturated rings. The van der Waals surface area contributed by atoms with E-state index in [1.807, 2.05) is 24.6 Å².